The van der Waals surface area contributed by atoms with Crippen molar-refractivity contribution in [3.05, 3.63) is 12.3 Å². The topological polar surface area (TPSA) is 73.6 Å². The molecule has 28 heavy (non-hydrogen) atoms. The molecule has 0 saturated carbocycles. The van der Waals surface area contributed by atoms with E-state index in [2.05, 4.69) is 15.3 Å². The van der Waals surface area contributed by atoms with Gasteiger partial charge in [0.25, 0.3) is 0 Å². The normalized spacial score (nSPS) is 21.8. The fraction of sp³-hybridized carbons (Fsp3) is 0.778. The van der Waals surface area contributed by atoms with Gasteiger partial charge in [0.1, 0.15) is 6.54 Å². The second kappa shape index (κ2) is 8.69. The zero-order chi connectivity index (χ0) is 21.1. The molecule has 2 atom stereocenters. The van der Waals surface area contributed by atoms with Crippen LogP contribution >= 0.6 is 0 Å². The molecule has 0 radical (unpaired) electrons. The third-order valence-corrected chi connectivity index (χ3v) is 4.82. The Morgan fingerprint density at radius 3 is 2.39 bits per heavy atom. The molecule has 1 fully saturated rings. The number of aromatic nitrogens is 2. The highest BCUT2D eigenvalue weighted by molar-refractivity contribution is 5.88. The standard InChI is InChI=1S/C18H30F3N5O2/c1-5-13-10-26(14(6-2)9-24(13)11-17(3,4)28)16(27)22-15-7-8-25(23-15)12-18(19,20)21/h7-8,13-14,28H,5-6,9-12H2,1-4H3,(H,22,23,27)/t13-,14-/m0/s1. The molecule has 0 unspecified atom stereocenters. The van der Waals surface area contributed by atoms with Crippen LogP contribution in [-0.4, -0.2) is 74.2 Å². The van der Waals surface area contributed by atoms with Gasteiger partial charge in [-0.1, -0.05) is 13.8 Å². The van der Waals surface area contributed by atoms with Crippen LogP contribution in [0.25, 0.3) is 0 Å². The van der Waals surface area contributed by atoms with E-state index < -0.39 is 18.3 Å². The lowest BCUT2D eigenvalue weighted by Gasteiger charge is -2.47. The molecule has 160 valence electrons. The number of halogens is 3. The Morgan fingerprint density at radius 2 is 1.86 bits per heavy atom. The van der Waals surface area contributed by atoms with Gasteiger partial charge < -0.3 is 10.0 Å². The molecule has 0 spiro atoms. The minimum Gasteiger partial charge on any atom is -0.389 e. The fourth-order valence-electron chi connectivity index (χ4n) is 3.57. The fourth-order valence-corrected chi connectivity index (χ4v) is 3.57. The van der Waals surface area contributed by atoms with Crippen molar-refractivity contribution < 1.29 is 23.1 Å². The second-order valence-electron chi connectivity index (χ2n) is 7.96. The zero-order valence-corrected chi connectivity index (χ0v) is 16.8. The van der Waals surface area contributed by atoms with Crippen molar-refractivity contribution >= 4 is 11.8 Å². The van der Waals surface area contributed by atoms with E-state index >= 15 is 0 Å². The predicted molar refractivity (Wildman–Crippen MR) is 100 cm³/mol. The number of β-amino-alcohol motifs (C(OH)–C–C–N with tert-alkyl or cyclic N) is 1. The number of amides is 2. The van der Waals surface area contributed by atoms with Crippen molar-refractivity contribution in [1.82, 2.24) is 19.6 Å². The molecule has 1 aliphatic rings. The molecule has 0 bridgehead atoms. The van der Waals surface area contributed by atoms with Gasteiger partial charge in [-0.3, -0.25) is 14.9 Å². The number of nitrogens with zero attached hydrogens (tertiary/aromatic N) is 4. The molecule has 0 aromatic carbocycles. The lowest BCUT2D eigenvalue weighted by molar-refractivity contribution is -0.142. The van der Waals surface area contributed by atoms with Crippen molar-refractivity contribution in [3.8, 4) is 0 Å². The van der Waals surface area contributed by atoms with Crippen molar-refractivity contribution in [2.75, 3.05) is 25.0 Å². The minimum absolute atomic E-state index is 0.0533. The Kier molecular flexibility index (Phi) is 6.97. The van der Waals surface area contributed by atoms with Gasteiger partial charge >= 0.3 is 12.2 Å². The van der Waals surface area contributed by atoms with E-state index in [1.54, 1.807) is 18.7 Å². The summed E-state index contributed by atoms with van der Waals surface area (Å²) in [7, 11) is 0. The lowest BCUT2D eigenvalue weighted by atomic mass is 10.00. The van der Waals surface area contributed by atoms with Crippen LogP contribution in [0, 0.1) is 0 Å². The Morgan fingerprint density at radius 1 is 1.21 bits per heavy atom. The molecular formula is C18H30F3N5O2. The zero-order valence-electron chi connectivity index (χ0n) is 16.8. The maximum Gasteiger partial charge on any atom is 0.408 e. The third kappa shape index (κ3) is 6.37. The van der Waals surface area contributed by atoms with Crippen LogP contribution in [0.4, 0.5) is 23.8 Å². The molecule has 1 aromatic heterocycles. The number of urea groups is 1. The SMILES string of the molecule is CC[C@H]1CN(C(=O)Nc2ccn(CC(F)(F)F)n2)[C@@H](CC)CN1CC(C)(C)O. The number of alkyl halides is 3. The summed E-state index contributed by atoms with van der Waals surface area (Å²) in [5, 5.41) is 16.6. The van der Waals surface area contributed by atoms with Crippen LogP contribution in [0.3, 0.4) is 0 Å². The van der Waals surface area contributed by atoms with Gasteiger partial charge in [-0.05, 0) is 26.7 Å². The average Bonchev–Trinajstić information content (AvgIpc) is 2.97. The summed E-state index contributed by atoms with van der Waals surface area (Å²) in [5.41, 5.74) is -0.832. The van der Waals surface area contributed by atoms with Crippen molar-refractivity contribution in [2.24, 2.45) is 0 Å². The number of rotatable bonds is 6. The van der Waals surface area contributed by atoms with Crippen LogP contribution in [0.5, 0.6) is 0 Å². The molecule has 2 amide bonds. The van der Waals surface area contributed by atoms with Gasteiger partial charge in [0.15, 0.2) is 5.82 Å². The third-order valence-electron chi connectivity index (χ3n) is 4.82. The first kappa shape index (κ1) is 22.5. The molecule has 0 aliphatic carbocycles. The first-order chi connectivity index (χ1) is 12.9. The van der Waals surface area contributed by atoms with E-state index in [0.29, 0.717) is 19.6 Å². The molecule has 2 rings (SSSR count). The Balaban J connectivity index is 2.05. The summed E-state index contributed by atoms with van der Waals surface area (Å²) >= 11 is 0. The number of piperazine rings is 1. The number of hydrogen-bond acceptors (Lipinski definition) is 4. The van der Waals surface area contributed by atoms with Crippen LogP contribution in [0.1, 0.15) is 40.5 Å². The summed E-state index contributed by atoms with van der Waals surface area (Å²) in [6, 6.07) is 1.03. The number of anilines is 1. The summed E-state index contributed by atoms with van der Waals surface area (Å²) < 4.78 is 38.1. The Labute approximate surface area is 163 Å². The van der Waals surface area contributed by atoms with Crippen LogP contribution in [-0.2, 0) is 6.54 Å². The Bertz CT molecular complexity index is 656. The van der Waals surface area contributed by atoms with Crippen molar-refractivity contribution in [1.29, 1.82) is 0 Å². The molecule has 1 saturated heterocycles. The average molecular weight is 405 g/mol. The summed E-state index contributed by atoms with van der Waals surface area (Å²) in [6.45, 7) is 7.97. The van der Waals surface area contributed by atoms with Gasteiger partial charge in [0.05, 0.1) is 5.60 Å². The van der Waals surface area contributed by atoms with Gasteiger partial charge in [-0.15, -0.1) is 0 Å². The minimum atomic E-state index is -4.37. The maximum atomic E-state index is 12.8. The van der Waals surface area contributed by atoms with E-state index in [-0.39, 0.29) is 23.9 Å². The molecule has 2 heterocycles. The molecule has 2 N–H and O–H groups in total. The predicted octanol–water partition coefficient (Wildman–Crippen LogP) is 2.92. The van der Waals surface area contributed by atoms with E-state index in [1.807, 2.05) is 13.8 Å². The number of hydrogen-bond donors (Lipinski definition) is 2. The largest absolute Gasteiger partial charge is 0.408 e. The molecule has 1 aliphatic heterocycles. The quantitative estimate of drug-likeness (QED) is 0.763. The van der Waals surface area contributed by atoms with Crippen LogP contribution in [0.2, 0.25) is 0 Å². The van der Waals surface area contributed by atoms with E-state index in [1.165, 1.54) is 12.3 Å². The van der Waals surface area contributed by atoms with Gasteiger partial charge in [-0.2, -0.15) is 18.3 Å². The first-order valence-corrected chi connectivity index (χ1v) is 9.56. The second-order valence-corrected chi connectivity index (χ2v) is 7.96. The van der Waals surface area contributed by atoms with E-state index in [9.17, 15) is 23.1 Å². The van der Waals surface area contributed by atoms with Gasteiger partial charge in [0.2, 0.25) is 0 Å². The first-order valence-electron chi connectivity index (χ1n) is 9.56. The number of carbonyl (C=O) groups is 1. The van der Waals surface area contributed by atoms with Crippen LogP contribution in [0.15, 0.2) is 12.3 Å². The molecule has 7 nitrogen and oxygen atoms in total. The lowest BCUT2D eigenvalue weighted by Crippen LogP contribution is -2.62. The molecule has 1 aromatic rings. The highest BCUT2D eigenvalue weighted by atomic mass is 19.4. The van der Waals surface area contributed by atoms with Crippen molar-refractivity contribution in [3.63, 3.8) is 0 Å². The molecular weight excluding hydrogens is 375 g/mol. The Hall–Kier alpha value is -1.81. The van der Waals surface area contributed by atoms with Gasteiger partial charge in [0, 0.05) is 44.0 Å². The van der Waals surface area contributed by atoms with Gasteiger partial charge in [-0.25, -0.2) is 4.79 Å². The summed E-state index contributed by atoms with van der Waals surface area (Å²) in [4.78, 5) is 16.7. The number of nitrogens with one attached hydrogen (secondary N) is 1. The summed E-state index contributed by atoms with van der Waals surface area (Å²) in [5.74, 6) is 0.0936. The number of carbonyl (C=O) groups excluding carboxylic acids is 1. The van der Waals surface area contributed by atoms with Crippen LogP contribution < -0.4 is 5.32 Å². The maximum absolute atomic E-state index is 12.8. The highest BCUT2D eigenvalue weighted by Crippen LogP contribution is 2.23. The van der Waals surface area contributed by atoms with Crippen molar-refractivity contribution in [2.45, 2.75) is 70.9 Å². The highest BCUT2D eigenvalue weighted by Gasteiger charge is 2.37. The summed E-state index contributed by atoms with van der Waals surface area (Å²) in [6.07, 6.45) is -1.63. The number of aliphatic hydroxyl groups is 1. The molecule has 10 heteroatoms. The smallest absolute Gasteiger partial charge is 0.389 e. The monoisotopic (exact) mass is 405 g/mol. The van der Waals surface area contributed by atoms with E-state index in [4.69, 9.17) is 0 Å². The van der Waals surface area contributed by atoms with E-state index in [0.717, 1.165) is 17.5 Å².